The van der Waals surface area contributed by atoms with Crippen molar-refractivity contribution in [2.75, 3.05) is 5.32 Å². The molecule has 136 valence electrons. The van der Waals surface area contributed by atoms with Crippen molar-refractivity contribution in [3.8, 4) is 0 Å². The van der Waals surface area contributed by atoms with E-state index in [4.69, 9.17) is 33.8 Å². The van der Waals surface area contributed by atoms with Crippen LogP contribution in [0.25, 0.3) is 0 Å². The summed E-state index contributed by atoms with van der Waals surface area (Å²) in [5, 5.41) is 22.9. The predicted molar refractivity (Wildman–Crippen MR) is 100 cm³/mol. The summed E-state index contributed by atoms with van der Waals surface area (Å²) in [5.41, 5.74) is 0.881. The Bertz CT molecular complexity index is 653. The van der Waals surface area contributed by atoms with Crippen LogP contribution in [0.1, 0.15) is 12.5 Å². The fraction of sp³-hybridized carbons (Fsp3) is 0.250. The minimum absolute atomic E-state index is 0.281. The first-order valence-electron chi connectivity index (χ1n) is 7.21. The van der Waals surface area contributed by atoms with Crippen LogP contribution < -0.4 is 5.32 Å². The zero-order valence-corrected chi connectivity index (χ0v) is 15.6. The highest BCUT2D eigenvalue weighted by atomic mass is 35.5. The van der Waals surface area contributed by atoms with Crippen molar-refractivity contribution in [2.24, 2.45) is 0 Å². The lowest BCUT2D eigenvalue weighted by molar-refractivity contribution is -0.140. The molecule has 2 atom stereocenters. The van der Waals surface area contributed by atoms with Gasteiger partial charge in [-0.2, -0.15) is 0 Å². The number of hydrogen-bond donors (Lipinski definition) is 3. The molecule has 0 amide bonds. The van der Waals surface area contributed by atoms with Crippen LogP contribution in [0.15, 0.2) is 47.8 Å². The molecular formula is C16H18Cl2N2O4S. The van der Waals surface area contributed by atoms with Crippen molar-refractivity contribution in [2.45, 2.75) is 25.4 Å². The maximum absolute atomic E-state index is 10.7. The first-order chi connectivity index (χ1) is 11.8. The lowest BCUT2D eigenvalue weighted by atomic mass is 10.1. The number of nitrogens with zero attached hydrogens (tertiary/aromatic N) is 1. The van der Waals surface area contributed by atoms with Gasteiger partial charge in [-0.05, 0) is 53.6 Å². The number of carboxylic acid groups (broad SMARTS) is 2. The molecule has 3 N–H and O–H groups in total. The molecule has 0 aliphatic carbocycles. The molecular weight excluding hydrogens is 387 g/mol. The van der Waals surface area contributed by atoms with Crippen LogP contribution in [0.3, 0.4) is 0 Å². The Hall–Kier alpha value is -1.80. The highest BCUT2D eigenvalue weighted by molar-refractivity contribution is 7.14. The van der Waals surface area contributed by atoms with E-state index in [1.54, 1.807) is 6.92 Å². The van der Waals surface area contributed by atoms with Gasteiger partial charge < -0.3 is 15.5 Å². The van der Waals surface area contributed by atoms with Gasteiger partial charge in [0.15, 0.2) is 0 Å². The van der Waals surface area contributed by atoms with Gasteiger partial charge in [-0.3, -0.25) is 9.59 Å². The second-order valence-electron chi connectivity index (χ2n) is 4.98. The average Bonchev–Trinajstić information content (AvgIpc) is 3.06. The van der Waals surface area contributed by atoms with E-state index in [-0.39, 0.29) is 6.42 Å². The molecule has 0 fully saturated rings. The van der Waals surface area contributed by atoms with E-state index < -0.39 is 24.0 Å². The van der Waals surface area contributed by atoms with E-state index in [0.717, 1.165) is 10.6 Å². The summed E-state index contributed by atoms with van der Waals surface area (Å²) in [6.07, 6.45) is 0.281. The number of hydrogen-bond acceptors (Lipinski definition) is 5. The van der Waals surface area contributed by atoms with Crippen LogP contribution in [0, 0.1) is 0 Å². The van der Waals surface area contributed by atoms with Crippen molar-refractivity contribution < 1.29 is 19.8 Å². The summed E-state index contributed by atoms with van der Waals surface area (Å²) in [4.78, 5) is 21.1. The minimum Gasteiger partial charge on any atom is -0.480 e. The molecule has 1 aromatic heterocycles. The van der Waals surface area contributed by atoms with Gasteiger partial charge in [-0.25, -0.2) is 0 Å². The largest absolute Gasteiger partial charge is 0.480 e. The highest BCUT2D eigenvalue weighted by Gasteiger charge is 2.23. The summed E-state index contributed by atoms with van der Waals surface area (Å²) in [6.45, 7) is 1.61. The highest BCUT2D eigenvalue weighted by Crippen LogP contribution is 2.16. The summed E-state index contributed by atoms with van der Waals surface area (Å²) >= 11 is 12.3. The standard InChI is InChI=1S/C9H9Cl2NO2.C7H9NO2S/c10-12(11)8(9(13)14)6-7-4-2-1-3-5-7;1-5(7(9)10)8-6-3-2-4-11-6/h1-5,8H,6H2,(H,13,14);2-5,8H,1H3,(H,9,10). The van der Waals surface area contributed by atoms with Gasteiger partial charge in [-0.15, -0.1) is 15.3 Å². The number of carbonyl (C=O) groups is 2. The first kappa shape index (κ1) is 21.2. The first-order valence-corrected chi connectivity index (χ1v) is 8.77. The van der Waals surface area contributed by atoms with Crippen molar-refractivity contribution in [3.63, 3.8) is 0 Å². The molecule has 6 nitrogen and oxygen atoms in total. The third-order valence-corrected chi connectivity index (χ3v) is 4.32. The van der Waals surface area contributed by atoms with Crippen LogP contribution in [-0.4, -0.2) is 38.2 Å². The molecule has 2 aromatic rings. The number of thiophene rings is 1. The van der Waals surface area contributed by atoms with E-state index in [1.165, 1.54) is 11.3 Å². The third-order valence-electron chi connectivity index (χ3n) is 3.04. The molecule has 2 unspecified atom stereocenters. The summed E-state index contributed by atoms with van der Waals surface area (Å²) in [7, 11) is 0. The van der Waals surface area contributed by atoms with Crippen molar-refractivity contribution in [1.29, 1.82) is 0 Å². The lowest BCUT2D eigenvalue weighted by Crippen LogP contribution is -2.31. The van der Waals surface area contributed by atoms with Crippen molar-refractivity contribution >= 4 is 51.8 Å². The Kier molecular flexibility index (Phi) is 9.30. The van der Waals surface area contributed by atoms with Crippen LogP contribution in [0.5, 0.6) is 0 Å². The van der Waals surface area contributed by atoms with Crippen LogP contribution in [-0.2, 0) is 16.0 Å². The summed E-state index contributed by atoms with van der Waals surface area (Å²) < 4.78 is 0.662. The number of carboxylic acids is 2. The molecule has 1 heterocycles. The number of aliphatic carboxylic acids is 2. The SMILES string of the molecule is CC(Nc1cccs1)C(=O)O.O=C(O)C(Cc1ccccc1)N(Cl)Cl. The summed E-state index contributed by atoms with van der Waals surface area (Å²) in [5.74, 6) is -1.88. The monoisotopic (exact) mass is 404 g/mol. The molecule has 0 radical (unpaired) electrons. The molecule has 0 aliphatic heterocycles. The van der Waals surface area contributed by atoms with E-state index in [2.05, 4.69) is 5.32 Å². The van der Waals surface area contributed by atoms with Gasteiger partial charge in [-0.1, -0.05) is 30.3 Å². The Labute approximate surface area is 159 Å². The van der Waals surface area contributed by atoms with E-state index in [0.29, 0.717) is 3.94 Å². The maximum atomic E-state index is 10.7. The predicted octanol–water partition coefficient (Wildman–Crippen LogP) is 3.93. The Morgan fingerprint density at radius 1 is 1.12 bits per heavy atom. The van der Waals surface area contributed by atoms with Gasteiger partial charge in [0.25, 0.3) is 0 Å². The van der Waals surface area contributed by atoms with Crippen LogP contribution >= 0.6 is 34.9 Å². The smallest absolute Gasteiger partial charge is 0.325 e. The molecule has 0 saturated heterocycles. The topological polar surface area (TPSA) is 89.9 Å². The number of benzene rings is 1. The Balaban J connectivity index is 0.000000257. The molecule has 2 rings (SSSR count). The Morgan fingerprint density at radius 3 is 2.20 bits per heavy atom. The van der Waals surface area contributed by atoms with Gasteiger partial charge in [0, 0.05) is 6.42 Å². The number of rotatable bonds is 7. The lowest BCUT2D eigenvalue weighted by Gasteiger charge is -2.14. The van der Waals surface area contributed by atoms with E-state index in [9.17, 15) is 9.59 Å². The molecule has 0 bridgehead atoms. The van der Waals surface area contributed by atoms with Crippen LogP contribution in [0.4, 0.5) is 5.00 Å². The second kappa shape index (κ2) is 10.9. The maximum Gasteiger partial charge on any atom is 0.325 e. The third kappa shape index (κ3) is 8.22. The van der Waals surface area contributed by atoms with Gasteiger partial charge in [0.05, 0.1) is 5.00 Å². The zero-order chi connectivity index (χ0) is 18.8. The normalized spacial score (nSPS) is 12.6. The van der Waals surface area contributed by atoms with Crippen LogP contribution in [0.2, 0.25) is 0 Å². The minimum atomic E-state index is -1.04. The molecule has 0 aliphatic rings. The van der Waals surface area contributed by atoms with E-state index >= 15 is 0 Å². The van der Waals surface area contributed by atoms with Gasteiger partial charge >= 0.3 is 11.9 Å². The van der Waals surface area contributed by atoms with Crippen molar-refractivity contribution in [3.05, 3.63) is 53.4 Å². The summed E-state index contributed by atoms with van der Waals surface area (Å²) in [6, 6.07) is 11.5. The average molecular weight is 405 g/mol. The number of halogens is 2. The number of anilines is 1. The molecule has 1 aromatic carbocycles. The van der Waals surface area contributed by atoms with Gasteiger partial charge in [0.1, 0.15) is 12.1 Å². The molecule has 0 saturated carbocycles. The van der Waals surface area contributed by atoms with E-state index in [1.807, 2.05) is 47.8 Å². The molecule has 25 heavy (non-hydrogen) atoms. The van der Waals surface area contributed by atoms with Crippen molar-refractivity contribution in [1.82, 2.24) is 3.94 Å². The fourth-order valence-corrected chi connectivity index (χ4v) is 2.72. The zero-order valence-electron chi connectivity index (χ0n) is 13.3. The molecule has 9 heteroatoms. The molecule has 0 spiro atoms. The van der Waals surface area contributed by atoms with Gasteiger partial charge in [0.2, 0.25) is 0 Å². The Morgan fingerprint density at radius 2 is 1.76 bits per heavy atom. The second-order valence-corrected chi connectivity index (χ2v) is 6.83. The fourth-order valence-electron chi connectivity index (χ4n) is 1.71. The number of nitrogens with one attached hydrogen (secondary N) is 1. The quantitative estimate of drug-likeness (QED) is 0.605.